The van der Waals surface area contributed by atoms with E-state index in [1.807, 2.05) is 0 Å². The molecule has 1 saturated heterocycles. The van der Waals surface area contributed by atoms with Crippen molar-refractivity contribution in [3.63, 3.8) is 0 Å². The molecule has 160 valence electrons. The van der Waals surface area contributed by atoms with Crippen molar-refractivity contribution in [2.45, 2.75) is 6.61 Å². The highest BCUT2D eigenvalue weighted by molar-refractivity contribution is 7.81. The van der Waals surface area contributed by atoms with Crippen molar-refractivity contribution in [2.75, 3.05) is 9.80 Å². The minimum Gasteiger partial charge on any atom is -0.434 e. The third kappa shape index (κ3) is 4.13. The molecule has 0 bridgehead atoms. The van der Waals surface area contributed by atoms with Gasteiger partial charge in [-0.25, -0.2) is 0 Å². The Kier molecular flexibility index (Phi) is 6.04. The molecule has 5 nitrogen and oxygen atoms in total. The molecule has 32 heavy (non-hydrogen) atoms. The normalized spacial score (nSPS) is 14.2. The Morgan fingerprint density at radius 1 is 0.750 bits per heavy atom. The lowest BCUT2D eigenvalue weighted by Crippen LogP contribution is -2.56. The van der Waals surface area contributed by atoms with Crippen LogP contribution >= 0.6 is 12.2 Å². The number of nitrogens with zero attached hydrogens (tertiary/aromatic N) is 2. The Balaban J connectivity index is 1.86. The van der Waals surface area contributed by atoms with E-state index in [1.54, 1.807) is 66.7 Å². The largest absolute Gasteiger partial charge is 0.434 e. The molecule has 0 aliphatic carbocycles. The first-order chi connectivity index (χ1) is 15.5. The second-order valence-corrected chi connectivity index (χ2v) is 7.07. The molecule has 0 spiro atoms. The number of thiocarbonyl (C=S) groups is 1. The van der Waals surface area contributed by atoms with E-state index in [4.69, 9.17) is 12.2 Å². The first-order valence-electron chi connectivity index (χ1n) is 9.56. The average molecular weight is 450 g/mol. The number of amides is 2. The molecular formula is C24H16F2N2O3S. The van der Waals surface area contributed by atoms with E-state index in [-0.39, 0.29) is 22.0 Å². The highest BCUT2D eigenvalue weighted by Crippen LogP contribution is 2.31. The van der Waals surface area contributed by atoms with Gasteiger partial charge in [0.1, 0.15) is 11.3 Å². The Bertz CT molecular complexity index is 1140. The van der Waals surface area contributed by atoms with Crippen molar-refractivity contribution in [2.24, 2.45) is 0 Å². The summed E-state index contributed by atoms with van der Waals surface area (Å²) >= 11 is 5.53. The van der Waals surface area contributed by atoms with Crippen molar-refractivity contribution < 1.29 is 23.1 Å². The quantitative estimate of drug-likeness (QED) is 0.311. The summed E-state index contributed by atoms with van der Waals surface area (Å²) in [6, 6.07) is 23.2. The van der Waals surface area contributed by atoms with Crippen LogP contribution < -0.4 is 14.5 Å². The number of halogens is 2. The molecule has 4 rings (SSSR count). The van der Waals surface area contributed by atoms with Gasteiger partial charge in [-0.1, -0.05) is 54.6 Å². The molecule has 1 heterocycles. The van der Waals surface area contributed by atoms with E-state index in [1.165, 1.54) is 34.1 Å². The van der Waals surface area contributed by atoms with E-state index >= 15 is 0 Å². The van der Waals surface area contributed by atoms with Crippen LogP contribution in [0, 0.1) is 0 Å². The minimum absolute atomic E-state index is 0.00772. The van der Waals surface area contributed by atoms with E-state index in [9.17, 15) is 18.4 Å². The number of hydrogen-bond acceptors (Lipinski definition) is 4. The Morgan fingerprint density at radius 2 is 1.22 bits per heavy atom. The Labute approximate surface area is 188 Å². The fourth-order valence-electron chi connectivity index (χ4n) is 3.30. The maximum atomic E-state index is 13.4. The van der Waals surface area contributed by atoms with Crippen LogP contribution in [0.3, 0.4) is 0 Å². The third-order valence-corrected chi connectivity index (χ3v) is 5.08. The molecule has 0 radical (unpaired) electrons. The van der Waals surface area contributed by atoms with Crippen molar-refractivity contribution in [1.29, 1.82) is 0 Å². The first-order valence-corrected chi connectivity index (χ1v) is 9.96. The van der Waals surface area contributed by atoms with Gasteiger partial charge in [0.05, 0.1) is 11.4 Å². The standard InChI is InChI=1S/C24H16F2N2O3S/c25-23(26)31-20-14-8-7-9-16(20)15-19-21(29)27(17-10-3-1-4-11-17)24(32)28(22(19)30)18-12-5-2-6-13-18/h1-15,23H. The number of benzene rings is 3. The Morgan fingerprint density at radius 3 is 1.72 bits per heavy atom. The van der Waals surface area contributed by atoms with Gasteiger partial charge in [0, 0.05) is 5.56 Å². The second-order valence-electron chi connectivity index (χ2n) is 6.71. The number of hydrogen-bond donors (Lipinski definition) is 0. The summed E-state index contributed by atoms with van der Waals surface area (Å²) in [6.07, 6.45) is 1.25. The molecule has 1 aliphatic heterocycles. The minimum atomic E-state index is -3.05. The predicted molar refractivity (Wildman–Crippen MR) is 122 cm³/mol. The summed E-state index contributed by atoms with van der Waals surface area (Å²) in [4.78, 5) is 29.3. The van der Waals surface area contributed by atoms with Crippen molar-refractivity contribution in [3.8, 4) is 5.75 Å². The van der Waals surface area contributed by atoms with Crippen LogP contribution in [0.4, 0.5) is 20.2 Å². The topological polar surface area (TPSA) is 49.9 Å². The molecule has 1 fully saturated rings. The molecule has 0 saturated carbocycles. The summed E-state index contributed by atoms with van der Waals surface area (Å²) in [5.41, 5.74) is 0.868. The molecular weight excluding hydrogens is 434 g/mol. The fraction of sp³-hybridized carbons (Fsp3) is 0.0417. The van der Waals surface area contributed by atoms with E-state index < -0.39 is 18.4 Å². The molecule has 1 aliphatic rings. The SMILES string of the molecule is O=C1C(=Cc2ccccc2OC(F)F)C(=O)N(c2ccccc2)C(=S)N1c1ccccc1. The van der Waals surface area contributed by atoms with Gasteiger partial charge in [0.15, 0.2) is 5.11 Å². The van der Waals surface area contributed by atoms with Crippen molar-refractivity contribution in [3.05, 3.63) is 96.1 Å². The van der Waals surface area contributed by atoms with Gasteiger partial charge in [-0.2, -0.15) is 8.78 Å². The first kappa shape index (κ1) is 21.3. The van der Waals surface area contributed by atoms with Gasteiger partial charge in [-0.3, -0.25) is 19.4 Å². The molecule has 3 aromatic carbocycles. The van der Waals surface area contributed by atoms with Crippen LogP contribution in [0.5, 0.6) is 5.75 Å². The summed E-state index contributed by atoms with van der Waals surface area (Å²) in [7, 11) is 0. The molecule has 8 heteroatoms. The number of carbonyl (C=O) groups excluding carboxylic acids is 2. The molecule has 0 aromatic heterocycles. The van der Waals surface area contributed by atoms with E-state index in [0.717, 1.165) is 0 Å². The van der Waals surface area contributed by atoms with Gasteiger partial charge < -0.3 is 4.74 Å². The summed E-state index contributed by atoms with van der Waals surface area (Å²) < 4.78 is 30.2. The van der Waals surface area contributed by atoms with E-state index in [0.29, 0.717) is 11.4 Å². The number of rotatable bonds is 5. The monoisotopic (exact) mass is 450 g/mol. The molecule has 3 aromatic rings. The zero-order chi connectivity index (χ0) is 22.7. The van der Waals surface area contributed by atoms with Crippen LogP contribution in [-0.2, 0) is 9.59 Å². The average Bonchev–Trinajstić information content (AvgIpc) is 2.79. The lowest BCUT2D eigenvalue weighted by atomic mass is 10.0. The highest BCUT2D eigenvalue weighted by atomic mass is 32.1. The molecule has 0 atom stereocenters. The van der Waals surface area contributed by atoms with Crippen LogP contribution in [0.1, 0.15) is 5.56 Å². The number of para-hydroxylation sites is 3. The van der Waals surface area contributed by atoms with E-state index in [2.05, 4.69) is 4.74 Å². The number of ether oxygens (including phenoxy) is 1. The smallest absolute Gasteiger partial charge is 0.387 e. The lowest BCUT2D eigenvalue weighted by molar-refractivity contribution is -0.120. The maximum absolute atomic E-state index is 13.4. The van der Waals surface area contributed by atoms with Crippen molar-refractivity contribution >= 4 is 46.6 Å². The number of alkyl halides is 2. The van der Waals surface area contributed by atoms with Crippen LogP contribution in [-0.4, -0.2) is 23.5 Å². The molecule has 0 unspecified atom stereocenters. The highest BCUT2D eigenvalue weighted by Gasteiger charge is 2.41. The molecule has 0 N–H and O–H groups in total. The van der Waals surface area contributed by atoms with Gasteiger partial charge in [0.2, 0.25) is 0 Å². The third-order valence-electron chi connectivity index (χ3n) is 4.71. The van der Waals surface area contributed by atoms with Gasteiger partial charge >= 0.3 is 6.61 Å². The summed E-state index contributed by atoms with van der Waals surface area (Å²) in [5, 5.41) is -0.00772. The lowest BCUT2D eigenvalue weighted by Gasteiger charge is -2.36. The van der Waals surface area contributed by atoms with Crippen LogP contribution in [0.15, 0.2) is 90.5 Å². The number of anilines is 2. The number of carbonyl (C=O) groups is 2. The zero-order valence-electron chi connectivity index (χ0n) is 16.5. The van der Waals surface area contributed by atoms with Gasteiger partial charge in [-0.05, 0) is 48.6 Å². The second kappa shape index (κ2) is 9.07. The van der Waals surface area contributed by atoms with Crippen LogP contribution in [0.2, 0.25) is 0 Å². The van der Waals surface area contributed by atoms with Crippen molar-refractivity contribution in [1.82, 2.24) is 0 Å². The predicted octanol–water partition coefficient (Wildman–Crippen LogP) is 5.04. The Hall–Kier alpha value is -3.91. The maximum Gasteiger partial charge on any atom is 0.387 e. The molecule has 2 amide bonds. The summed E-state index contributed by atoms with van der Waals surface area (Å²) in [6.45, 7) is -3.05. The van der Waals surface area contributed by atoms with Crippen LogP contribution in [0.25, 0.3) is 6.08 Å². The zero-order valence-corrected chi connectivity index (χ0v) is 17.3. The van der Waals surface area contributed by atoms with Gasteiger partial charge in [-0.15, -0.1) is 0 Å². The van der Waals surface area contributed by atoms with Gasteiger partial charge in [0.25, 0.3) is 11.8 Å². The summed E-state index contributed by atoms with van der Waals surface area (Å²) in [5.74, 6) is -1.48. The fourth-order valence-corrected chi connectivity index (χ4v) is 3.67.